The third-order valence-corrected chi connectivity index (χ3v) is 22.4. The Morgan fingerprint density at radius 2 is 0.680 bits per heavy atom. The van der Waals surface area contributed by atoms with Crippen molar-refractivity contribution < 1.29 is 47.6 Å². The zero-order valence-corrected chi connectivity index (χ0v) is 73.0. The van der Waals surface area contributed by atoms with Crippen molar-refractivity contribution in [3.63, 3.8) is 0 Å². The average Bonchev–Trinajstić information content (AvgIpc) is 1.61. The highest BCUT2D eigenvalue weighted by atomic mass is 35.5. The molecule has 0 spiro atoms. The fraction of sp³-hybridized carbons (Fsp3) is 0.356. The number of hydrogen-bond donors (Lipinski definition) is 4. The van der Waals surface area contributed by atoms with E-state index in [0.717, 1.165) is 220 Å². The number of carbonyl (C=O) groups excluding carboxylic acids is 4. The Kier molecular flexibility index (Phi) is 25.9. The van der Waals surface area contributed by atoms with Gasteiger partial charge in [-0.25, -0.2) is 38.0 Å². The van der Waals surface area contributed by atoms with Crippen molar-refractivity contribution in [2.45, 2.75) is 119 Å². The monoisotopic (exact) mass is 1690 g/mol. The van der Waals surface area contributed by atoms with Crippen molar-refractivity contribution in [1.29, 1.82) is 0 Å². The number of amides is 4. The summed E-state index contributed by atoms with van der Waals surface area (Å²) < 4.78 is 40.0. The number of fused-ring (bicyclic) bond motifs is 4. The minimum absolute atomic E-state index is 0.00360. The first kappa shape index (κ1) is 85.5. The van der Waals surface area contributed by atoms with E-state index in [9.17, 15) is 19.2 Å². The Balaban J connectivity index is 0.000000134. The van der Waals surface area contributed by atoms with Crippen LogP contribution < -0.4 is 69.3 Å². The van der Waals surface area contributed by atoms with Crippen molar-refractivity contribution in [3.05, 3.63) is 178 Å². The van der Waals surface area contributed by atoms with Crippen molar-refractivity contribution in [3.8, 4) is 90.8 Å². The molecule has 30 nitrogen and oxygen atoms in total. The van der Waals surface area contributed by atoms with E-state index in [4.69, 9.17) is 81.8 Å². The lowest BCUT2D eigenvalue weighted by Gasteiger charge is -2.20. The van der Waals surface area contributed by atoms with Crippen LogP contribution in [0.5, 0.6) is 34.5 Å². The van der Waals surface area contributed by atoms with E-state index >= 15 is 0 Å². The van der Waals surface area contributed by atoms with Crippen molar-refractivity contribution in [1.82, 2.24) is 79.7 Å². The third-order valence-electron chi connectivity index (χ3n) is 22.1. The van der Waals surface area contributed by atoms with Gasteiger partial charge in [0.15, 0.2) is 55.9 Å². The first-order valence-corrected chi connectivity index (χ1v) is 41.2. The normalized spacial score (nSPS) is 16.1. The number of ether oxygens (including phenoxy) is 6. The fourth-order valence-electron chi connectivity index (χ4n) is 16.6. The quantitative estimate of drug-likeness (QED) is 0.0584. The number of aryl methyl sites for hydroxylation is 6. The van der Waals surface area contributed by atoms with Crippen LogP contribution in [0.25, 0.3) is 78.9 Å². The van der Waals surface area contributed by atoms with Crippen LogP contribution in [-0.2, 0) is 19.2 Å². The highest BCUT2D eigenvalue weighted by Crippen LogP contribution is 2.43. The summed E-state index contributed by atoms with van der Waals surface area (Å²) in [7, 11) is 9.81. The number of nitrogens with zero attached hydrogens (tertiary/aromatic N) is 16. The lowest BCUT2D eigenvalue weighted by Crippen LogP contribution is -2.35. The van der Waals surface area contributed by atoms with E-state index in [2.05, 4.69) is 94.4 Å². The average molecular weight is 1690 g/mol. The Bertz CT molecular complexity index is 6070. The van der Waals surface area contributed by atoms with Crippen LogP contribution in [0.4, 0.5) is 22.7 Å². The van der Waals surface area contributed by atoms with Gasteiger partial charge in [0.05, 0.1) is 117 Å². The van der Waals surface area contributed by atoms with Gasteiger partial charge >= 0.3 is 0 Å². The zero-order chi connectivity index (χ0) is 86.5. The molecule has 4 saturated heterocycles. The molecular weight excluding hydrogens is 1590 g/mol. The molecule has 4 aliphatic heterocycles. The minimum Gasteiger partial charge on any atom is -0.497 e. The number of carbonyl (C=O) groups is 4. The van der Waals surface area contributed by atoms with E-state index < -0.39 is 0 Å². The Labute approximate surface area is 717 Å². The van der Waals surface area contributed by atoms with Gasteiger partial charge in [0.25, 0.3) is 0 Å². The SMILES string of the molecule is COc1ccc(-c2c(-c3ccc(C)cc3)nc3c(N4CC[C@@H](NC(C)=O)C4)cc(C)nn23)cc1OC.COc1ccc(-c2c(C)nc3c(N4CC[C@@H](NC(C)=O)C4)cc(C)nn23)cc1OC.COc1ccc(-c2c(C)nc3c(N4CC[C@@H](NC(C)=O)C4)cc(Cl)nn23)cc1.COc1cccc(-c2c(C)nc3c(N4CC[C@@H](NC(C)=O)C4)cc(Cl)nn23)c1. The Morgan fingerprint density at radius 1 is 0.344 bits per heavy atom. The van der Waals surface area contributed by atoms with Crippen LogP contribution >= 0.6 is 23.2 Å². The van der Waals surface area contributed by atoms with E-state index in [1.54, 1.807) is 79.4 Å². The summed E-state index contributed by atoms with van der Waals surface area (Å²) in [5, 5.41) is 31.5. The molecule has 4 atom stereocenters. The molecule has 0 radical (unpaired) electrons. The molecule has 122 heavy (non-hydrogen) atoms. The molecule has 32 heteroatoms. The topological polar surface area (TPSA) is 305 Å². The molecule has 4 amide bonds. The summed E-state index contributed by atoms with van der Waals surface area (Å²) in [6, 6.07) is 44.0. The number of nitrogens with one attached hydrogen (secondary N) is 4. The minimum atomic E-state index is -0.0123. The van der Waals surface area contributed by atoms with Crippen LogP contribution in [0.1, 0.15) is 87.4 Å². The predicted molar refractivity (Wildman–Crippen MR) is 475 cm³/mol. The summed E-state index contributed by atoms with van der Waals surface area (Å²) in [4.78, 5) is 74.4. The third kappa shape index (κ3) is 18.5. The number of methoxy groups -OCH3 is 6. The molecule has 17 rings (SSSR count). The number of rotatable bonds is 19. The maximum Gasteiger partial charge on any atom is 0.217 e. The summed E-state index contributed by atoms with van der Waals surface area (Å²) in [6.45, 7) is 24.5. The number of anilines is 4. The largest absolute Gasteiger partial charge is 0.497 e. The molecular formula is C90H102Cl2N20O10. The second kappa shape index (κ2) is 36.9. The smallest absolute Gasteiger partial charge is 0.217 e. The second-order valence-electron chi connectivity index (χ2n) is 30.9. The zero-order valence-electron chi connectivity index (χ0n) is 71.5. The Morgan fingerprint density at radius 3 is 1.07 bits per heavy atom. The first-order chi connectivity index (χ1) is 58.7. The molecule has 636 valence electrons. The molecule has 4 fully saturated rings. The molecule has 0 aliphatic carbocycles. The number of hydrogen-bond acceptors (Lipinski definition) is 22. The highest BCUT2D eigenvalue weighted by Gasteiger charge is 2.33. The van der Waals surface area contributed by atoms with Crippen LogP contribution in [0.2, 0.25) is 10.3 Å². The standard InChI is InChI=1S/C28H31N5O3.C22H27N5O3.2C20H22ClN5O2/c1-17-6-8-20(9-7-17)26-27(21-10-11-24(35-4)25(15-21)36-5)33-28(30-26)23(14-18(2)31-33)32-13-12-22(16-32)29-19(3)34;1-13-10-18(26-9-8-17(12-26)24-15(3)28)22-23-14(2)21(27(22)25-13)16-6-7-19(29-4)20(11-16)30-5;1-12-19(14-4-6-16(28-3)7-5-14)26-20(22-12)17(10-18(21)24-26)25-9-8-15(11-25)23-13(2)27;1-12-19(14-5-4-6-16(9-14)28-3)26-20(22-12)17(10-18(21)24-26)25-8-7-15(11-25)23-13(2)27/h6-11,14-15,22H,12-13,16H2,1-5H3,(H,29,34);6-7,10-11,17H,8-9,12H2,1-5H3,(H,24,28);4-7,10,15H,8-9,11H2,1-3H3,(H,23,27);4-6,9-10,15H,7-8,11H2,1-3H3,(H,23,27)/t22-;17-;2*15-/m1111/s1. The number of imidazole rings is 4. The summed E-state index contributed by atoms with van der Waals surface area (Å²) in [6.07, 6.45) is 3.57. The van der Waals surface area contributed by atoms with E-state index in [0.29, 0.717) is 33.3 Å². The summed E-state index contributed by atoms with van der Waals surface area (Å²) in [5.74, 6) is 4.19. The van der Waals surface area contributed by atoms with Gasteiger partial charge in [-0.1, -0.05) is 65.2 Å². The molecule has 13 aromatic rings. The van der Waals surface area contributed by atoms with E-state index in [1.807, 2.05) is 141 Å². The fourth-order valence-corrected chi connectivity index (χ4v) is 17.0. The maximum atomic E-state index is 11.6. The van der Waals surface area contributed by atoms with Gasteiger partial charge in [0, 0.05) is 144 Å². The molecule has 0 bridgehead atoms. The summed E-state index contributed by atoms with van der Waals surface area (Å²) >= 11 is 12.7. The number of aromatic nitrogens is 12. The highest BCUT2D eigenvalue weighted by molar-refractivity contribution is 6.30. The lowest BCUT2D eigenvalue weighted by molar-refractivity contribution is -0.120. The van der Waals surface area contributed by atoms with Gasteiger partial charge < -0.3 is 69.3 Å². The van der Waals surface area contributed by atoms with Crippen LogP contribution in [-0.4, -0.2) is 201 Å². The number of benzene rings is 5. The van der Waals surface area contributed by atoms with Gasteiger partial charge in [0.2, 0.25) is 23.6 Å². The molecule has 4 aliphatic rings. The van der Waals surface area contributed by atoms with Gasteiger partial charge in [-0.05, 0) is 152 Å². The molecule has 5 aromatic carbocycles. The van der Waals surface area contributed by atoms with Crippen molar-refractivity contribution in [2.75, 3.05) is 115 Å². The van der Waals surface area contributed by atoms with Crippen molar-refractivity contribution in [2.24, 2.45) is 0 Å². The molecule has 4 N–H and O–H groups in total. The molecule has 8 aromatic heterocycles. The first-order valence-electron chi connectivity index (χ1n) is 40.5. The molecule has 12 heterocycles. The van der Waals surface area contributed by atoms with E-state index in [-0.39, 0.29) is 47.8 Å². The van der Waals surface area contributed by atoms with Gasteiger partial charge in [-0.3, -0.25) is 19.2 Å². The maximum absolute atomic E-state index is 11.6. The number of halogens is 2. The summed E-state index contributed by atoms with van der Waals surface area (Å²) in [5.41, 5.74) is 21.9. The van der Waals surface area contributed by atoms with Crippen LogP contribution in [0, 0.1) is 41.5 Å². The van der Waals surface area contributed by atoms with Crippen molar-refractivity contribution >= 4 is 92.2 Å². The molecule has 0 saturated carbocycles. The Hall–Kier alpha value is -13.0. The second-order valence-corrected chi connectivity index (χ2v) is 31.7. The van der Waals surface area contributed by atoms with E-state index in [1.165, 1.54) is 5.56 Å². The van der Waals surface area contributed by atoms with Gasteiger partial charge in [-0.15, -0.1) is 0 Å². The van der Waals surface area contributed by atoms with Crippen LogP contribution in [0.3, 0.4) is 0 Å². The molecule has 0 unspecified atom stereocenters. The van der Waals surface area contributed by atoms with Crippen LogP contribution in [0.15, 0.2) is 133 Å². The van der Waals surface area contributed by atoms with Gasteiger partial charge in [-0.2, -0.15) is 20.4 Å². The lowest BCUT2D eigenvalue weighted by atomic mass is 10.0. The predicted octanol–water partition coefficient (Wildman–Crippen LogP) is 13.3. The van der Waals surface area contributed by atoms with Gasteiger partial charge in [0.1, 0.15) is 17.2 Å².